The Morgan fingerprint density at radius 2 is 1.62 bits per heavy atom. The maximum absolute atomic E-state index is 4.62. The lowest BCUT2D eigenvalue weighted by Gasteiger charge is -2.38. The second-order valence-corrected chi connectivity index (χ2v) is 5.65. The van der Waals surface area contributed by atoms with Crippen LogP contribution in [-0.4, -0.2) is 30.3 Å². The van der Waals surface area contributed by atoms with Crippen LogP contribution in [0.3, 0.4) is 0 Å². The third kappa shape index (κ3) is 5.09. The molecule has 0 aromatic carbocycles. The van der Waals surface area contributed by atoms with Crippen LogP contribution in [0.5, 0.6) is 0 Å². The molecule has 0 saturated heterocycles. The molecule has 0 aromatic rings. The summed E-state index contributed by atoms with van der Waals surface area (Å²) in [6.07, 6.45) is 6.40. The van der Waals surface area contributed by atoms with Crippen LogP contribution in [0.2, 0.25) is 0 Å². The number of thiol groups is 1. The zero-order valence-electron chi connectivity index (χ0n) is 11.9. The minimum Gasteiger partial charge on any atom is -0.303 e. The summed E-state index contributed by atoms with van der Waals surface area (Å²) < 4.78 is 0. The fraction of sp³-hybridized carbons (Fsp3) is 1.00. The van der Waals surface area contributed by atoms with Crippen LogP contribution in [0.15, 0.2) is 0 Å². The summed E-state index contributed by atoms with van der Waals surface area (Å²) in [5.41, 5.74) is 0.435. The van der Waals surface area contributed by atoms with Crippen molar-refractivity contribution in [2.45, 2.75) is 65.8 Å². The normalized spacial score (nSPS) is 14.4. The van der Waals surface area contributed by atoms with E-state index in [9.17, 15) is 0 Å². The summed E-state index contributed by atoms with van der Waals surface area (Å²) in [7, 11) is 2.26. The molecule has 0 bridgehead atoms. The van der Waals surface area contributed by atoms with Crippen molar-refractivity contribution < 1.29 is 0 Å². The predicted molar refractivity (Wildman–Crippen MR) is 78.5 cm³/mol. The van der Waals surface area contributed by atoms with Gasteiger partial charge in [0, 0.05) is 12.6 Å². The number of rotatable bonds is 9. The molecule has 0 spiro atoms. The van der Waals surface area contributed by atoms with Gasteiger partial charge in [0.05, 0.1) is 0 Å². The van der Waals surface area contributed by atoms with Crippen LogP contribution in [0.4, 0.5) is 0 Å². The summed E-state index contributed by atoms with van der Waals surface area (Å²) in [6, 6.07) is 0.688. The molecule has 0 aliphatic carbocycles. The van der Waals surface area contributed by atoms with Crippen LogP contribution < -0.4 is 0 Å². The largest absolute Gasteiger partial charge is 0.303 e. The smallest absolute Gasteiger partial charge is 0.00614 e. The lowest BCUT2D eigenvalue weighted by molar-refractivity contribution is 0.137. The first-order chi connectivity index (χ1) is 7.55. The van der Waals surface area contributed by atoms with Crippen LogP contribution in [0, 0.1) is 5.41 Å². The third-order valence-electron chi connectivity index (χ3n) is 3.82. The van der Waals surface area contributed by atoms with Crippen molar-refractivity contribution in [3.63, 3.8) is 0 Å². The molecule has 1 unspecified atom stereocenters. The van der Waals surface area contributed by atoms with Crippen molar-refractivity contribution in [1.29, 1.82) is 0 Å². The van der Waals surface area contributed by atoms with Crippen molar-refractivity contribution >= 4 is 12.6 Å². The van der Waals surface area contributed by atoms with Crippen molar-refractivity contribution in [3.8, 4) is 0 Å². The minimum absolute atomic E-state index is 0.435. The summed E-state index contributed by atoms with van der Waals surface area (Å²) in [5.74, 6) is 1.02. The van der Waals surface area contributed by atoms with E-state index in [0.29, 0.717) is 11.5 Å². The Balaban J connectivity index is 4.49. The summed E-state index contributed by atoms with van der Waals surface area (Å²) in [6.45, 7) is 10.4. The Morgan fingerprint density at radius 1 is 1.12 bits per heavy atom. The maximum atomic E-state index is 4.62. The third-order valence-corrected chi connectivity index (χ3v) is 4.49. The molecule has 0 radical (unpaired) electrons. The first kappa shape index (κ1) is 16.3. The van der Waals surface area contributed by atoms with E-state index in [4.69, 9.17) is 0 Å². The van der Waals surface area contributed by atoms with Gasteiger partial charge in [-0.05, 0) is 44.4 Å². The highest BCUT2D eigenvalue weighted by Gasteiger charge is 2.29. The molecule has 1 nitrogen and oxygen atoms in total. The van der Waals surface area contributed by atoms with Crippen molar-refractivity contribution in [2.24, 2.45) is 5.41 Å². The van der Waals surface area contributed by atoms with Gasteiger partial charge >= 0.3 is 0 Å². The lowest BCUT2D eigenvalue weighted by atomic mass is 9.80. The molecule has 0 aliphatic rings. The van der Waals surface area contributed by atoms with E-state index in [0.717, 1.165) is 5.75 Å². The molecule has 0 heterocycles. The summed E-state index contributed by atoms with van der Waals surface area (Å²) in [4.78, 5) is 2.52. The molecule has 0 amide bonds. The van der Waals surface area contributed by atoms with Crippen LogP contribution in [0.25, 0.3) is 0 Å². The fourth-order valence-corrected chi connectivity index (χ4v) is 2.96. The fourth-order valence-electron chi connectivity index (χ4n) is 2.55. The van der Waals surface area contributed by atoms with E-state index in [2.05, 4.69) is 52.3 Å². The number of hydrogen-bond donors (Lipinski definition) is 1. The van der Waals surface area contributed by atoms with Crippen LogP contribution in [0.1, 0.15) is 59.8 Å². The molecule has 0 N–H and O–H groups in total. The average Bonchev–Trinajstić information content (AvgIpc) is 2.28. The van der Waals surface area contributed by atoms with Gasteiger partial charge in [0.25, 0.3) is 0 Å². The zero-order chi connectivity index (χ0) is 12.6. The van der Waals surface area contributed by atoms with E-state index in [-0.39, 0.29) is 0 Å². The standard InChI is InChI=1S/C14H31NS/c1-6-9-14(12-16,10-7-2)11-15(5)13(4)8-3/h13,16H,6-12H2,1-5H3. The van der Waals surface area contributed by atoms with Crippen LogP contribution >= 0.6 is 12.6 Å². The van der Waals surface area contributed by atoms with Gasteiger partial charge in [0.1, 0.15) is 0 Å². The van der Waals surface area contributed by atoms with Gasteiger partial charge in [-0.3, -0.25) is 0 Å². The van der Waals surface area contributed by atoms with E-state index in [1.807, 2.05) is 0 Å². The quantitative estimate of drug-likeness (QED) is 0.595. The van der Waals surface area contributed by atoms with E-state index in [1.165, 1.54) is 38.6 Å². The summed E-state index contributed by atoms with van der Waals surface area (Å²) in [5, 5.41) is 0. The van der Waals surface area contributed by atoms with Gasteiger partial charge in [0.2, 0.25) is 0 Å². The SMILES string of the molecule is CCCC(CS)(CCC)CN(C)C(C)CC. The Bertz CT molecular complexity index is 164. The second-order valence-electron chi connectivity index (χ2n) is 5.33. The van der Waals surface area contributed by atoms with Crippen molar-refractivity contribution in [3.05, 3.63) is 0 Å². The Kier molecular flexibility index (Phi) is 8.57. The molecule has 16 heavy (non-hydrogen) atoms. The lowest BCUT2D eigenvalue weighted by Crippen LogP contribution is -2.41. The molecular weight excluding hydrogens is 214 g/mol. The molecule has 0 rings (SSSR count). The van der Waals surface area contributed by atoms with Crippen LogP contribution in [-0.2, 0) is 0 Å². The van der Waals surface area contributed by atoms with Gasteiger partial charge in [-0.15, -0.1) is 0 Å². The Morgan fingerprint density at radius 3 is 1.94 bits per heavy atom. The molecular formula is C14H31NS. The highest BCUT2D eigenvalue weighted by atomic mass is 32.1. The number of nitrogens with zero attached hydrogens (tertiary/aromatic N) is 1. The minimum atomic E-state index is 0.435. The zero-order valence-corrected chi connectivity index (χ0v) is 12.8. The highest BCUT2D eigenvalue weighted by molar-refractivity contribution is 7.80. The van der Waals surface area contributed by atoms with E-state index in [1.54, 1.807) is 0 Å². The predicted octanol–water partition coefficient (Wildman–Crippen LogP) is 4.23. The molecule has 1 atom stereocenters. The molecule has 98 valence electrons. The van der Waals surface area contributed by atoms with Gasteiger partial charge in [-0.1, -0.05) is 33.6 Å². The van der Waals surface area contributed by atoms with E-state index >= 15 is 0 Å². The highest BCUT2D eigenvalue weighted by Crippen LogP contribution is 2.32. The molecule has 0 fully saturated rings. The first-order valence-corrected chi connectivity index (χ1v) is 7.49. The average molecular weight is 245 g/mol. The van der Waals surface area contributed by atoms with Crippen molar-refractivity contribution in [2.75, 3.05) is 19.3 Å². The Labute approximate surface area is 108 Å². The van der Waals surface area contributed by atoms with Gasteiger partial charge in [-0.2, -0.15) is 12.6 Å². The van der Waals surface area contributed by atoms with E-state index < -0.39 is 0 Å². The maximum Gasteiger partial charge on any atom is 0.00614 e. The second kappa shape index (κ2) is 8.41. The van der Waals surface area contributed by atoms with Gasteiger partial charge in [-0.25, -0.2) is 0 Å². The number of hydrogen-bond acceptors (Lipinski definition) is 2. The molecule has 0 aliphatic heterocycles. The topological polar surface area (TPSA) is 3.24 Å². The first-order valence-electron chi connectivity index (χ1n) is 6.86. The monoisotopic (exact) mass is 245 g/mol. The van der Waals surface area contributed by atoms with Gasteiger partial charge < -0.3 is 4.90 Å². The Hall–Kier alpha value is 0.310. The van der Waals surface area contributed by atoms with Crippen molar-refractivity contribution in [1.82, 2.24) is 4.90 Å². The molecule has 2 heteroatoms. The summed E-state index contributed by atoms with van der Waals surface area (Å²) >= 11 is 4.62. The molecule has 0 aromatic heterocycles. The molecule has 0 saturated carbocycles. The van der Waals surface area contributed by atoms with Gasteiger partial charge in [0.15, 0.2) is 0 Å².